The van der Waals surface area contributed by atoms with Crippen LogP contribution in [0.1, 0.15) is 99.8 Å². The van der Waals surface area contributed by atoms with Gasteiger partial charge in [-0.2, -0.15) is 0 Å². The predicted octanol–water partition coefficient (Wildman–Crippen LogP) is 10.3. The summed E-state index contributed by atoms with van der Waals surface area (Å²) in [6.07, 6.45) is 10.9. The van der Waals surface area contributed by atoms with Crippen molar-refractivity contribution < 1.29 is 13.3 Å². The third-order valence-corrected chi connectivity index (χ3v) is 37.0. The van der Waals surface area contributed by atoms with Gasteiger partial charge in [0, 0.05) is 0 Å². The van der Waals surface area contributed by atoms with Gasteiger partial charge in [0.05, 0.1) is 0 Å². The molecule has 0 fully saturated rings. The second kappa shape index (κ2) is 18.1. The van der Waals surface area contributed by atoms with Crippen molar-refractivity contribution in [2.45, 2.75) is 155 Å². The number of hydrogen-bond acceptors (Lipinski definition) is 5. The monoisotopic (exact) mass is 784 g/mol. The average molecular weight is 784 g/mol. The van der Waals surface area contributed by atoms with Crippen molar-refractivity contribution in [1.29, 1.82) is 0 Å². The molecule has 9 heteroatoms. The second-order valence-electron chi connectivity index (χ2n) is 15.6. The molecule has 0 aromatic carbocycles. The van der Waals surface area contributed by atoms with Gasteiger partial charge in [-0.1, -0.05) is 0 Å². The topological polar surface area (TPSA) is 27.7 Å². The molecule has 2 aromatic rings. The number of thiophene rings is 2. The quantitative estimate of drug-likeness (QED) is 0.105. The molecule has 264 valence electrons. The van der Waals surface area contributed by atoms with E-state index in [4.69, 9.17) is 13.3 Å². The van der Waals surface area contributed by atoms with Crippen LogP contribution < -0.4 is 17.8 Å². The van der Waals surface area contributed by atoms with Crippen molar-refractivity contribution in [2.75, 3.05) is 19.8 Å². The van der Waals surface area contributed by atoms with Gasteiger partial charge in [0.25, 0.3) is 0 Å². The molecule has 0 saturated heterocycles. The Kier molecular flexibility index (Phi) is 16.1. The maximum absolute atomic E-state index is 6.33. The van der Waals surface area contributed by atoms with Crippen LogP contribution >= 0.6 is 22.7 Å². The van der Waals surface area contributed by atoms with Crippen molar-refractivity contribution in [2.24, 2.45) is 11.8 Å². The first-order chi connectivity index (χ1) is 21.8. The molecule has 0 spiro atoms. The third kappa shape index (κ3) is 9.62. The Morgan fingerprint density at radius 1 is 0.630 bits per heavy atom. The fourth-order valence-corrected chi connectivity index (χ4v) is 37.0. The molecular formula is C37H70GeO3S2Si3. The van der Waals surface area contributed by atoms with Gasteiger partial charge in [-0.15, -0.1) is 0 Å². The summed E-state index contributed by atoms with van der Waals surface area (Å²) in [6.45, 7) is 30.9. The van der Waals surface area contributed by atoms with E-state index in [0.717, 1.165) is 23.9 Å². The Labute approximate surface area is 298 Å². The number of fused-ring (bicyclic) bond motifs is 3. The van der Waals surface area contributed by atoms with E-state index in [2.05, 4.69) is 116 Å². The molecule has 2 unspecified atom stereocenters. The molecule has 46 heavy (non-hydrogen) atoms. The average Bonchev–Trinajstić information content (AvgIpc) is 3.71. The van der Waals surface area contributed by atoms with Gasteiger partial charge in [0.15, 0.2) is 0 Å². The molecule has 0 amide bonds. The summed E-state index contributed by atoms with van der Waals surface area (Å²) in [7, 11) is -5.84. The van der Waals surface area contributed by atoms with Gasteiger partial charge in [-0.3, -0.25) is 0 Å². The minimum atomic E-state index is -2.69. The fourth-order valence-electron chi connectivity index (χ4n) is 7.66. The van der Waals surface area contributed by atoms with E-state index in [1.807, 2.05) is 8.79 Å². The number of rotatable bonds is 23. The molecule has 0 N–H and O–H groups in total. The summed E-state index contributed by atoms with van der Waals surface area (Å²) < 4.78 is 26.3. The SMILES string of the molecule is CCCCC(CC)[CH2][Ge]1([CH2]C(CC)CCCC)[c]2cc([Si](C)(C)C)sc2-c2sc([Si](C)(C)CC[Si](OCC)(OCC)OCC)c[c]21. The van der Waals surface area contributed by atoms with E-state index in [1.54, 1.807) is 18.8 Å². The minimum absolute atomic E-state index is 0.658. The van der Waals surface area contributed by atoms with Gasteiger partial charge in [-0.05, 0) is 0 Å². The molecule has 1 aliphatic rings. The van der Waals surface area contributed by atoms with Crippen molar-refractivity contribution >= 4 is 78.7 Å². The van der Waals surface area contributed by atoms with E-state index in [-0.39, 0.29) is 0 Å². The van der Waals surface area contributed by atoms with Gasteiger partial charge in [-0.25, -0.2) is 0 Å². The third-order valence-electron chi connectivity index (χ3n) is 10.6. The molecular weight excluding hydrogens is 713 g/mol. The zero-order valence-corrected chi connectivity index (χ0v) is 38.7. The van der Waals surface area contributed by atoms with Crippen LogP contribution in [-0.4, -0.2) is 58.0 Å². The maximum atomic E-state index is 6.33. The van der Waals surface area contributed by atoms with Gasteiger partial charge >= 0.3 is 301 Å². The van der Waals surface area contributed by atoms with E-state index >= 15 is 0 Å². The van der Waals surface area contributed by atoms with Gasteiger partial charge < -0.3 is 0 Å². The molecule has 0 radical (unpaired) electrons. The van der Waals surface area contributed by atoms with Crippen LogP contribution in [0.5, 0.6) is 0 Å². The van der Waals surface area contributed by atoms with Crippen LogP contribution in [0.15, 0.2) is 12.1 Å². The molecule has 0 aliphatic carbocycles. The second-order valence-corrected chi connectivity index (χ2v) is 39.6. The molecule has 0 bridgehead atoms. The summed E-state index contributed by atoms with van der Waals surface area (Å²) in [5.74, 6) is 1.72. The Morgan fingerprint density at radius 2 is 1.07 bits per heavy atom. The van der Waals surface area contributed by atoms with Crippen molar-refractivity contribution in [3.05, 3.63) is 12.1 Å². The van der Waals surface area contributed by atoms with E-state index in [9.17, 15) is 0 Å². The normalized spacial score (nSPS) is 18.2. The molecule has 3 rings (SSSR count). The molecule has 2 aromatic heterocycles. The molecule has 3 nitrogen and oxygen atoms in total. The predicted molar refractivity (Wildman–Crippen MR) is 219 cm³/mol. The van der Waals surface area contributed by atoms with Crippen LogP contribution in [0.2, 0.25) is 55.3 Å². The standard InChI is InChI=1S/C37H70GeO3S2Si3/c1-13-20-22-30(15-3)28-38(29-31(16-4)23-21-14-2)32-26-34(44(8,9)10)42-36(32)37-33(38)27-35(43-37)45(11,12)24-25-46(39-17-5,40-18-6)41-19-7/h26-27,30-31H,13-25,28-29H2,1-12H3. The first-order valence-electron chi connectivity index (χ1n) is 19.0. The summed E-state index contributed by atoms with van der Waals surface area (Å²) in [4.78, 5) is 3.45. The van der Waals surface area contributed by atoms with Crippen molar-refractivity contribution in [3.8, 4) is 9.75 Å². The zero-order chi connectivity index (χ0) is 34.2. The van der Waals surface area contributed by atoms with E-state index < -0.39 is 38.2 Å². The van der Waals surface area contributed by atoms with Crippen LogP contribution in [0.3, 0.4) is 0 Å². The summed E-state index contributed by atoms with van der Waals surface area (Å²) >= 11 is 1.75. The van der Waals surface area contributed by atoms with Crippen molar-refractivity contribution in [3.63, 3.8) is 0 Å². The molecule has 1 aliphatic heterocycles. The van der Waals surface area contributed by atoms with Gasteiger partial charge in [0.2, 0.25) is 0 Å². The van der Waals surface area contributed by atoms with Crippen LogP contribution in [-0.2, 0) is 13.3 Å². The summed E-state index contributed by atoms with van der Waals surface area (Å²) in [5.41, 5.74) is 0. The first-order valence-corrected chi connectivity index (χ1v) is 34.4. The molecule has 2 atom stereocenters. The van der Waals surface area contributed by atoms with Gasteiger partial charge in [0.1, 0.15) is 0 Å². The number of unbranched alkanes of at least 4 members (excludes halogenated alkanes) is 2. The van der Waals surface area contributed by atoms with Crippen LogP contribution in [0.4, 0.5) is 0 Å². The first kappa shape index (κ1) is 40.9. The fraction of sp³-hybridized carbons (Fsp3) is 0.784. The Balaban J connectivity index is 2.18. The molecule has 3 heterocycles. The van der Waals surface area contributed by atoms with E-state index in [1.165, 1.54) is 61.9 Å². The molecule has 0 saturated carbocycles. The number of hydrogen-bond donors (Lipinski definition) is 0. The Hall–Kier alpha value is 0.474. The summed E-state index contributed by atoms with van der Waals surface area (Å²) in [6, 6.07) is 7.77. The van der Waals surface area contributed by atoms with Crippen LogP contribution in [0.25, 0.3) is 9.75 Å². The van der Waals surface area contributed by atoms with Crippen LogP contribution in [0, 0.1) is 11.8 Å². The van der Waals surface area contributed by atoms with Crippen molar-refractivity contribution in [1.82, 2.24) is 0 Å². The zero-order valence-electron chi connectivity index (χ0n) is 32.0. The Morgan fingerprint density at radius 3 is 1.46 bits per heavy atom. The summed E-state index contributed by atoms with van der Waals surface area (Å²) in [5, 5.41) is 3.02. The van der Waals surface area contributed by atoms with E-state index in [0.29, 0.717) is 19.8 Å². The Bertz CT molecular complexity index is 1170.